The molecule has 0 spiro atoms. The second-order valence-electron chi connectivity index (χ2n) is 4.01. The number of methoxy groups -OCH3 is 1. The highest BCUT2D eigenvalue weighted by atomic mass is 16.5. The highest BCUT2D eigenvalue weighted by Gasteiger charge is 2.03. The van der Waals surface area contributed by atoms with Gasteiger partial charge in [-0.15, -0.1) is 0 Å². The summed E-state index contributed by atoms with van der Waals surface area (Å²) in [5.74, 6) is 0. The molecule has 0 radical (unpaired) electrons. The van der Waals surface area contributed by atoms with Gasteiger partial charge in [0.15, 0.2) is 0 Å². The van der Waals surface area contributed by atoms with Gasteiger partial charge in [0.05, 0.1) is 6.61 Å². The number of rotatable bonds is 5. The Morgan fingerprint density at radius 1 is 1.00 bits per heavy atom. The maximum Gasteiger partial charge on any atom is 0.0502 e. The van der Waals surface area contributed by atoms with E-state index >= 15 is 0 Å². The molecule has 2 heteroatoms. The van der Waals surface area contributed by atoms with Gasteiger partial charge in [-0.1, -0.05) is 30.3 Å². The summed E-state index contributed by atoms with van der Waals surface area (Å²) in [7, 11) is 1.74. The van der Waals surface area contributed by atoms with Crippen LogP contribution in [0, 0.1) is 0 Å². The lowest BCUT2D eigenvalue weighted by molar-refractivity contribution is 0.202. The van der Waals surface area contributed by atoms with E-state index in [0.29, 0.717) is 0 Å². The molecule has 2 aromatic rings. The smallest absolute Gasteiger partial charge is 0.0502 e. The first-order valence-corrected chi connectivity index (χ1v) is 5.86. The third-order valence-corrected chi connectivity index (χ3v) is 2.79. The van der Waals surface area contributed by atoms with Crippen molar-refractivity contribution in [1.29, 1.82) is 0 Å². The molecule has 0 bridgehead atoms. The third-order valence-electron chi connectivity index (χ3n) is 2.79. The van der Waals surface area contributed by atoms with Crippen molar-refractivity contribution >= 4 is 0 Å². The van der Waals surface area contributed by atoms with Crippen LogP contribution in [0.3, 0.4) is 0 Å². The number of nitrogens with zero attached hydrogens (tertiary/aromatic N) is 1. The van der Waals surface area contributed by atoms with E-state index in [9.17, 15) is 0 Å². The van der Waals surface area contributed by atoms with Gasteiger partial charge in [-0.2, -0.15) is 0 Å². The quantitative estimate of drug-likeness (QED) is 0.783. The average molecular weight is 227 g/mol. The van der Waals surface area contributed by atoms with E-state index in [1.54, 1.807) is 7.11 Å². The summed E-state index contributed by atoms with van der Waals surface area (Å²) < 4.78 is 5.14. The Labute approximate surface area is 102 Å². The van der Waals surface area contributed by atoms with Gasteiger partial charge < -0.3 is 4.74 Å². The molecule has 0 amide bonds. The predicted molar refractivity (Wildman–Crippen MR) is 69.1 cm³/mol. The summed E-state index contributed by atoms with van der Waals surface area (Å²) in [5, 5.41) is 0. The molecule has 2 rings (SSSR count). The number of hydrogen-bond donors (Lipinski definition) is 0. The third kappa shape index (κ3) is 3.40. The molecule has 2 nitrogen and oxygen atoms in total. The molecular weight excluding hydrogens is 210 g/mol. The Kier molecular flexibility index (Phi) is 4.28. The van der Waals surface area contributed by atoms with E-state index < -0.39 is 0 Å². The minimum Gasteiger partial charge on any atom is -0.384 e. The number of ether oxygens (including phenoxy) is 1. The molecule has 1 aromatic heterocycles. The van der Waals surface area contributed by atoms with E-state index in [1.807, 2.05) is 18.3 Å². The fourth-order valence-electron chi connectivity index (χ4n) is 1.88. The molecule has 17 heavy (non-hydrogen) atoms. The van der Waals surface area contributed by atoms with Gasteiger partial charge >= 0.3 is 0 Å². The topological polar surface area (TPSA) is 22.1 Å². The van der Waals surface area contributed by atoms with E-state index in [1.165, 1.54) is 11.1 Å². The molecule has 88 valence electrons. The summed E-state index contributed by atoms with van der Waals surface area (Å²) >= 11 is 0. The Morgan fingerprint density at radius 3 is 2.47 bits per heavy atom. The molecule has 0 unspecified atom stereocenters. The number of pyridine rings is 1. The first kappa shape index (κ1) is 11.8. The SMILES string of the molecule is COCCc1ccccc1Cc1ccccn1. The first-order chi connectivity index (χ1) is 8.40. The van der Waals surface area contributed by atoms with E-state index in [-0.39, 0.29) is 0 Å². The van der Waals surface area contributed by atoms with Gasteiger partial charge in [0, 0.05) is 25.4 Å². The molecule has 0 saturated heterocycles. The van der Waals surface area contributed by atoms with Crippen molar-refractivity contribution in [3.05, 3.63) is 65.5 Å². The van der Waals surface area contributed by atoms with Crippen LogP contribution in [0.1, 0.15) is 16.8 Å². The zero-order chi connectivity index (χ0) is 11.9. The summed E-state index contributed by atoms with van der Waals surface area (Å²) in [6, 6.07) is 14.5. The highest BCUT2D eigenvalue weighted by Crippen LogP contribution is 2.13. The largest absolute Gasteiger partial charge is 0.384 e. The van der Waals surface area contributed by atoms with Crippen molar-refractivity contribution in [1.82, 2.24) is 4.98 Å². The van der Waals surface area contributed by atoms with Crippen molar-refractivity contribution < 1.29 is 4.74 Å². The van der Waals surface area contributed by atoms with Gasteiger partial charge in [-0.3, -0.25) is 4.98 Å². The monoisotopic (exact) mass is 227 g/mol. The summed E-state index contributed by atoms with van der Waals surface area (Å²) in [5.41, 5.74) is 3.79. The standard InChI is InChI=1S/C15H17NO/c1-17-11-9-13-6-2-3-7-14(13)12-15-8-4-5-10-16-15/h2-8,10H,9,11-12H2,1H3. The average Bonchev–Trinajstić information content (AvgIpc) is 2.39. The zero-order valence-electron chi connectivity index (χ0n) is 10.1. The summed E-state index contributed by atoms with van der Waals surface area (Å²) in [6.45, 7) is 0.763. The van der Waals surface area contributed by atoms with E-state index in [2.05, 4.69) is 35.3 Å². The maximum absolute atomic E-state index is 5.14. The van der Waals surface area contributed by atoms with Crippen LogP contribution >= 0.6 is 0 Å². The van der Waals surface area contributed by atoms with Crippen LogP contribution < -0.4 is 0 Å². The molecule has 0 fully saturated rings. The molecule has 0 N–H and O–H groups in total. The Bertz CT molecular complexity index is 453. The lowest BCUT2D eigenvalue weighted by Crippen LogP contribution is -2.00. The molecule has 0 atom stereocenters. The maximum atomic E-state index is 5.14. The molecule has 1 aromatic carbocycles. The number of aromatic nitrogens is 1. The van der Waals surface area contributed by atoms with Crippen LogP contribution in [-0.4, -0.2) is 18.7 Å². The van der Waals surface area contributed by atoms with Crippen molar-refractivity contribution in [2.75, 3.05) is 13.7 Å². The van der Waals surface area contributed by atoms with Crippen molar-refractivity contribution in [2.45, 2.75) is 12.8 Å². The lowest BCUT2D eigenvalue weighted by atomic mass is 10.0. The van der Waals surface area contributed by atoms with Crippen LogP contribution in [0.2, 0.25) is 0 Å². The number of hydrogen-bond acceptors (Lipinski definition) is 2. The molecule has 0 aliphatic heterocycles. The highest BCUT2D eigenvalue weighted by molar-refractivity contribution is 5.30. The molecule has 0 aliphatic carbocycles. The van der Waals surface area contributed by atoms with Crippen LogP contribution in [0.25, 0.3) is 0 Å². The van der Waals surface area contributed by atoms with Gasteiger partial charge in [0.1, 0.15) is 0 Å². The van der Waals surface area contributed by atoms with Gasteiger partial charge in [0.2, 0.25) is 0 Å². The molecule has 1 heterocycles. The first-order valence-electron chi connectivity index (χ1n) is 5.86. The molecule has 0 aliphatic rings. The summed E-state index contributed by atoms with van der Waals surface area (Å²) in [6.07, 6.45) is 3.69. The second-order valence-corrected chi connectivity index (χ2v) is 4.01. The van der Waals surface area contributed by atoms with Crippen molar-refractivity contribution in [3.8, 4) is 0 Å². The number of benzene rings is 1. The van der Waals surface area contributed by atoms with Gasteiger partial charge in [-0.25, -0.2) is 0 Å². The normalized spacial score (nSPS) is 10.4. The Balaban J connectivity index is 2.15. The van der Waals surface area contributed by atoms with E-state index in [4.69, 9.17) is 4.74 Å². The fourth-order valence-corrected chi connectivity index (χ4v) is 1.88. The van der Waals surface area contributed by atoms with Crippen LogP contribution in [0.5, 0.6) is 0 Å². The van der Waals surface area contributed by atoms with Gasteiger partial charge in [-0.05, 0) is 29.7 Å². The van der Waals surface area contributed by atoms with Crippen LogP contribution in [-0.2, 0) is 17.6 Å². The summed E-state index contributed by atoms with van der Waals surface area (Å²) in [4.78, 5) is 4.36. The van der Waals surface area contributed by atoms with Crippen LogP contribution in [0.4, 0.5) is 0 Å². The lowest BCUT2D eigenvalue weighted by Gasteiger charge is -2.08. The predicted octanol–water partition coefficient (Wildman–Crippen LogP) is 2.86. The molecular formula is C15H17NO. The van der Waals surface area contributed by atoms with Crippen LogP contribution in [0.15, 0.2) is 48.7 Å². The van der Waals surface area contributed by atoms with Gasteiger partial charge in [0.25, 0.3) is 0 Å². The van der Waals surface area contributed by atoms with Crippen molar-refractivity contribution in [2.24, 2.45) is 0 Å². The second kappa shape index (κ2) is 6.16. The Hall–Kier alpha value is -1.67. The van der Waals surface area contributed by atoms with Crippen molar-refractivity contribution in [3.63, 3.8) is 0 Å². The van der Waals surface area contributed by atoms with E-state index in [0.717, 1.165) is 25.1 Å². The minimum atomic E-state index is 0.763. The zero-order valence-corrected chi connectivity index (χ0v) is 10.1. The minimum absolute atomic E-state index is 0.763. The fraction of sp³-hybridized carbons (Fsp3) is 0.267. The molecule has 0 saturated carbocycles. The Morgan fingerprint density at radius 2 is 1.76 bits per heavy atom.